The molecule has 0 heterocycles. The maximum atomic E-state index is 12.1. The quantitative estimate of drug-likeness (QED) is 0.627. The molecule has 0 aliphatic heterocycles. The zero-order valence-corrected chi connectivity index (χ0v) is 11.6. The van der Waals surface area contributed by atoms with Crippen LogP contribution in [0.15, 0.2) is 67.3 Å². The Morgan fingerprint density at radius 3 is 2.57 bits per heavy atom. The van der Waals surface area contributed by atoms with Gasteiger partial charge in [0.15, 0.2) is 0 Å². The lowest BCUT2D eigenvalue weighted by Gasteiger charge is -2.10. The average Bonchev–Trinajstić information content (AvgIpc) is 2.54. The molecule has 4 heteroatoms. The summed E-state index contributed by atoms with van der Waals surface area (Å²) in [5.74, 6) is 0.156. The second-order valence-electron chi connectivity index (χ2n) is 4.30. The standard InChI is InChI=1S/C17H17NO3/c1-2-12-20-16-11-7-6-10-15(16)17(19)18-21-13-14-8-4-3-5-9-14/h2-11H,1,12-13H2,(H,18,19). The molecule has 4 nitrogen and oxygen atoms in total. The van der Waals surface area contributed by atoms with Crippen LogP contribution in [-0.4, -0.2) is 12.5 Å². The first-order valence-electron chi connectivity index (χ1n) is 6.60. The van der Waals surface area contributed by atoms with Crippen molar-refractivity contribution >= 4 is 5.91 Å². The largest absolute Gasteiger partial charge is 0.489 e. The third-order valence-electron chi connectivity index (χ3n) is 2.73. The van der Waals surface area contributed by atoms with Crippen LogP contribution in [0.5, 0.6) is 5.75 Å². The molecule has 1 amide bonds. The molecule has 2 aromatic rings. The highest BCUT2D eigenvalue weighted by molar-refractivity contribution is 5.96. The first-order valence-corrected chi connectivity index (χ1v) is 6.60. The average molecular weight is 283 g/mol. The summed E-state index contributed by atoms with van der Waals surface area (Å²) in [6.07, 6.45) is 1.63. The van der Waals surface area contributed by atoms with Gasteiger partial charge in [0.25, 0.3) is 5.91 Å². The van der Waals surface area contributed by atoms with Gasteiger partial charge in [-0.1, -0.05) is 55.1 Å². The Kier molecular flexibility index (Phi) is 5.55. The lowest BCUT2D eigenvalue weighted by Crippen LogP contribution is -2.24. The van der Waals surface area contributed by atoms with Crippen molar-refractivity contribution in [3.63, 3.8) is 0 Å². The Morgan fingerprint density at radius 2 is 1.81 bits per heavy atom. The van der Waals surface area contributed by atoms with Crippen LogP contribution < -0.4 is 10.2 Å². The monoisotopic (exact) mass is 283 g/mol. The Morgan fingerprint density at radius 1 is 1.10 bits per heavy atom. The number of ether oxygens (including phenoxy) is 1. The molecule has 1 N–H and O–H groups in total. The molecule has 0 aromatic heterocycles. The van der Waals surface area contributed by atoms with Crippen LogP contribution >= 0.6 is 0 Å². The topological polar surface area (TPSA) is 47.6 Å². The van der Waals surface area contributed by atoms with Crippen molar-refractivity contribution in [1.29, 1.82) is 0 Å². The van der Waals surface area contributed by atoms with Gasteiger partial charge in [0.1, 0.15) is 12.4 Å². The lowest BCUT2D eigenvalue weighted by atomic mass is 10.2. The van der Waals surface area contributed by atoms with E-state index in [2.05, 4.69) is 12.1 Å². The Labute approximate surface area is 124 Å². The summed E-state index contributed by atoms with van der Waals surface area (Å²) < 4.78 is 5.44. The number of rotatable bonds is 7. The van der Waals surface area contributed by atoms with Crippen molar-refractivity contribution in [1.82, 2.24) is 5.48 Å². The highest BCUT2D eigenvalue weighted by Gasteiger charge is 2.11. The number of hydrogen-bond acceptors (Lipinski definition) is 3. The van der Waals surface area contributed by atoms with Gasteiger partial charge in [0.2, 0.25) is 0 Å². The van der Waals surface area contributed by atoms with Crippen molar-refractivity contribution in [2.45, 2.75) is 6.61 Å². The highest BCUT2D eigenvalue weighted by atomic mass is 16.6. The van der Waals surface area contributed by atoms with Gasteiger partial charge in [-0.25, -0.2) is 5.48 Å². The smallest absolute Gasteiger partial charge is 0.278 e. The van der Waals surface area contributed by atoms with Crippen molar-refractivity contribution < 1.29 is 14.4 Å². The Bertz CT molecular complexity index is 596. The van der Waals surface area contributed by atoms with Crippen LogP contribution in [0.1, 0.15) is 15.9 Å². The van der Waals surface area contributed by atoms with E-state index in [1.165, 1.54) is 0 Å². The van der Waals surface area contributed by atoms with Gasteiger partial charge in [-0.15, -0.1) is 0 Å². The number of amides is 1. The van der Waals surface area contributed by atoms with E-state index in [-0.39, 0.29) is 5.91 Å². The van der Waals surface area contributed by atoms with Crippen LogP contribution in [0.2, 0.25) is 0 Å². The molecule has 0 saturated carbocycles. The van der Waals surface area contributed by atoms with Crippen molar-refractivity contribution in [2.24, 2.45) is 0 Å². The molecule has 0 bridgehead atoms. The van der Waals surface area contributed by atoms with E-state index in [1.54, 1.807) is 30.3 Å². The number of carbonyl (C=O) groups excluding carboxylic acids is 1. The van der Waals surface area contributed by atoms with Crippen LogP contribution in [0.25, 0.3) is 0 Å². The van der Waals surface area contributed by atoms with Crippen molar-refractivity contribution in [3.05, 3.63) is 78.4 Å². The second-order valence-corrected chi connectivity index (χ2v) is 4.30. The third kappa shape index (κ3) is 4.47. The fourth-order valence-corrected chi connectivity index (χ4v) is 1.74. The van der Waals surface area contributed by atoms with Gasteiger partial charge in [-0.3, -0.25) is 9.63 Å². The molecule has 21 heavy (non-hydrogen) atoms. The van der Waals surface area contributed by atoms with Gasteiger partial charge in [0, 0.05) is 0 Å². The summed E-state index contributed by atoms with van der Waals surface area (Å²) in [5, 5.41) is 0. The van der Waals surface area contributed by atoms with E-state index in [0.717, 1.165) is 5.56 Å². The van der Waals surface area contributed by atoms with E-state index in [1.807, 2.05) is 30.3 Å². The predicted molar refractivity (Wildman–Crippen MR) is 80.8 cm³/mol. The van der Waals surface area contributed by atoms with E-state index >= 15 is 0 Å². The minimum absolute atomic E-state index is 0.308. The van der Waals surface area contributed by atoms with Gasteiger partial charge >= 0.3 is 0 Å². The van der Waals surface area contributed by atoms with Gasteiger partial charge < -0.3 is 4.74 Å². The summed E-state index contributed by atoms with van der Waals surface area (Å²) >= 11 is 0. The summed E-state index contributed by atoms with van der Waals surface area (Å²) in [7, 11) is 0. The number of benzene rings is 2. The van der Waals surface area contributed by atoms with E-state index < -0.39 is 0 Å². The highest BCUT2D eigenvalue weighted by Crippen LogP contribution is 2.17. The van der Waals surface area contributed by atoms with E-state index in [9.17, 15) is 4.79 Å². The fraction of sp³-hybridized carbons (Fsp3) is 0.118. The maximum absolute atomic E-state index is 12.1. The second kappa shape index (κ2) is 7.87. The molecule has 2 rings (SSSR count). The number of para-hydroxylation sites is 1. The normalized spacial score (nSPS) is 9.90. The zero-order valence-electron chi connectivity index (χ0n) is 11.6. The lowest BCUT2D eigenvalue weighted by molar-refractivity contribution is 0.0231. The molecule has 0 aliphatic carbocycles. The zero-order chi connectivity index (χ0) is 14.9. The summed E-state index contributed by atoms with van der Waals surface area (Å²) in [6.45, 7) is 4.23. The SMILES string of the molecule is C=CCOc1ccccc1C(=O)NOCc1ccccc1. The molecule has 0 atom stereocenters. The minimum atomic E-state index is -0.342. The molecule has 0 spiro atoms. The molecule has 0 saturated heterocycles. The van der Waals surface area contributed by atoms with E-state index in [4.69, 9.17) is 9.57 Å². The van der Waals surface area contributed by atoms with Crippen LogP contribution in [0.3, 0.4) is 0 Å². The Balaban J connectivity index is 1.92. The molecular formula is C17H17NO3. The molecule has 0 radical (unpaired) electrons. The summed E-state index contributed by atoms with van der Waals surface area (Å²) in [6, 6.07) is 16.6. The molecular weight excluding hydrogens is 266 g/mol. The molecule has 0 aliphatic rings. The van der Waals surface area contributed by atoms with Crippen LogP contribution in [-0.2, 0) is 11.4 Å². The van der Waals surface area contributed by atoms with Crippen molar-refractivity contribution in [2.75, 3.05) is 6.61 Å². The first kappa shape index (κ1) is 14.8. The number of nitrogens with one attached hydrogen (secondary N) is 1. The van der Waals surface area contributed by atoms with Gasteiger partial charge in [0.05, 0.1) is 12.2 Å². The van der Waals surface area contributed by atoms with Crippen LogP contribution in [0, 0.1) is 0 Å². The molecule has 0 fully saturated rings. The predicted octanol–water partition coefficient (Wildman–Crippen LogP) is 3.11. The van der Waals surface area contributed by atoms with E-state index in [0.29, 0.717) is 24.5 Å². The first-order chi connectivity index (χ1) is 10.3. The molecule has 108 valence electrons. The number of hydrogen-bond donors (Lipinski definition) is 1. The summed E-state index contributed by atoms with van der Waals surface area (Å²) in [4.78, 5) is 17.3. The fourth-order valence-electron chi connectivity index (χ4n) is 1.74. The number of carbonyl (C=O) groups is 1. The third-order valence-corrected chi connectivity index (χ3v) is 2.73. The van der Waals surface area contributed by atoms with Gasteiger partial charge in [-0.2, -0.15) is 0 Å². The molecule has 0 unspecified atom stereocenters. The maximum Gasteiger partial charge on any atom is 0.278 e. The molecule has 2 aromatic carbocycles. The summed E-state index contributed by atoms with van der Waals surface area (Å²) in [5.41, 5.74) is 3.82. The van der Waals surface area contributed by atoms with Crippen LogP contribution in [0.4, 0.5) is 0 Å². The minimum Gasteiger partial charge on any atom is -0.489 e. The van der Waals surface area contributed by atoms with Crippen molar-refractivity contribution in [3.8, 4) is 5.75 Å². The number of hydroxylamine groups is 1. The van der Waals surface area contributed by atoms with Gasteiger partial charge in [-0.05, 0) is 17.7 Å². The Hall–Kier alpha value is -2.59.